The van der Waals surface area contributed by atoms with E-state index in [4.69, 9.17) is 11.6 Å². The topological polar surface area (TPSA) is 91.7 Å². The molecule has 0 aliphatic heterocycles. The maximum absolute atomic E-state index is 12.0. The first-order valence-electron chi connectivity index (χ1n) is 7.81. The number of para-hydroxylation sites is 1. The fraction of sp³-hybridized carbons (Fsp3) is 0.438. The van der Waals surface area contributed by atoms with Gasteiger partial charge in [-0.05, 0) is 18.6 Å². The molecule has 1 atom stereocenters. The second-order valence-electron chi connectivity index (χ2n) is 5.47. The lowest BCUT2D eigenvalue weighted by atomic mass is 10.3. The summed E-state index contributed by atoms with van der Waals surface area (Å²) in [5.74, 6) is -0.752. The minimum atomic E-state index is -0.287. The summed E-state index contributed by atoms with van der Waals surface area (Å²) >= 11 is 5.97. The van der Waals surface area contributed by atoms with Crippen LogP contribution in [-0.4, -0.2) is 50.9 Å². The minimum absolute atomic E-state index is 0.0576. The first-order valence-corrected chi connectivity index (χ1v) is 8.19. The number of carbonyl (C=O) groups is 3. The van der Waals surface area contributed by atoms with E-state index in [1.165, 1.54) is 0 Å². The molecule has 0 aliphatic carbocycles. The molecule has 1 rings (SSSR count). The van der Waals surface area contributed by atoms with Crippen LogP contribution in [0.25, 0.3) is 0 Å². The molecular weight excluding hydrogens is 332 g/mol. The van der Waals surface area contributed by atoms with Crippen molar-refractivity contribution >= 4 is 35.0 Å². The van der Waals surface area contributed by atoms with Crippen molar-refractivity contribution in [3.05, 3.63) is 29.3 Å². The summed E-state index contributed by atoms with van der Waals surface area (Å²) in [6.45, 7) is 2.68. The molecule has 1 aromatic carbocycles. The largest absolute Gasteiger partial charge is 0.355 e. The average molecular weight is 356 g/mol. The van der Waals surface area contributed by atoms with Gasteiger partial charge in [0.1, 0.15) is 0 Å². The maximum atomic E-state index is 12.0. The summed E-state index contributed by atoms with van der Waals surface area (Å²) in [5.41, 5.74) is 0.536. The Morgan fingerprint density at radius 2 is 1.71 bits per heavy atom. The number of carbonyl (C=O) groups excluding carboxylic acids is 3. The smallest absolute Gasteiger partial charge is 0.279 e. The predicted octanol–water partition coefficient (Wildman–Crippen LogP) is -0.564. The van der Waals surface area contributed by atoms with Crippen molar-refractivity contribution in [1.29, 1.82) is 0 Å². The number of anilines is 1. The van der Waals surface area contributed by atoms with Crippen LogP contribution in [0.4, 0.5) is 5.69 Å². The van der Waals surface area contributed by atoms with Crippen LogP contribution in [0.1, 0.15) is 13.3 Å². The van der Waals surface area contributed by atoms with Crippen molar-refractivity contribution in [1.82, 2.24) is 10.6 Å². The average Bonchev–Trinajstić information content (AvgIpc) is 2.52. The van der Waals surface area contributed by atoms with Crippen molar-refractivity contribution < 1.29 is 19.3 Å². The molecule has 0 fully saturated rings. The highest BCUT2D eigenvalue weighted by Crippen LogP contribution is 2.19. The highest BCUT2D eigenvalue weighted by molar-refractivity contribution is 6.33. The van der Waals surface area contributed by atoms with E-state index in [0.29, 0.717) is 22.2 Å². The highest BCUT2D eigenvalue weighted by atomic mass is 35.5. The number of quaternary nitrogens is 1. The number of hydrogen-bond donors (Lipinski definition) is 4. The van der Waals surface area contributed by atoms with Gasteiger partial charge in [0.2, 0.25) is 5.91 Å². The molecule has 3 amide bonds. The van der Waals surface area contributed by atoms with Gasteiger partial charge in [0, 0.05) is 6.54 Å². The Balaban J connectivity index is 2.30. The molecule has 0 bridgehead atoms. The minimum Gasteiger partial charge on any atom is -0.355 e. The van der Waals surface area contributed by atoms with Gasteiger partial charge in [0.05, 0.1) is 24.3 Å². The van der Waals surface area contributed by atoms with Crippen LogP contribution in [0.2, 0.25) is 5.02 Å². The Bertz CT molecular complexity index is 580. The van der Waals surface area contributed by atoms with Crippen molar-refractivity contribution in [2.24, 2.45) is 0 Å². The first kappa shape index (κ1) is 19.9. The van der Waals surface area contributed by atoms with Gasteiger partial charge in [-0.15, -0.1) is 0 Å². The normalized spacial score (nSPS) is 11.5. The number of rotatable bonds is 9. The fourth-order valence-electron chi connectivity index (χ4n) is 1.94. The molecule has 0 aliphatic rings. The Labute approximate surface area is 146 Å². The summed E-state index contributed by atoms with van der Waals surface area (Å²) in [7, 11) is 1.73. The Hall–Kier alpha value is -2.12. The van der Waals surface area contributed by atoms with Crippen LogP contribution < -0.4 is 20.9 Å². The summed E-state index contributed by atoms with van der Waals surface area (Å²) in [5, 5.41) is 8.36. The molecule has 24 heavy (non-hydrogen) atoms. The van der Waals surface area contributed by atoms with Crippen LogP contribution in [0.15, 0.2) is 24.3 Å². The lowest BCUT2D eigenvalue weighted by Gasteiger charge is -2.14. The summed E-state index contributed by atoms with van der Waals surface area (Å²) < 4.78 is 0. The monoisotopic (exact) mass is 355 g/mol. The molecule has 0 radical (unpaired) electrons. The van der Waals surface area contributed by atoms with Gasteiger partial charge in [0.25, 0.3) is 11.8 Å². The third-order valence-electron chi connectivity index (χ3n) is 3.09. The van der Waals surface area contributed by atoms with Crippen molar-refractivity contribution in [3.63, 3.8) is 0 Å². The van der Waals surface area contributed by atoms with Crippen molar-refractivity contribution in [2.45, 2.75) is 13.3 Å². The van der Waals surface area contributed by atoms with Crippen LogP contribution in [0.5, 0.6) is 0 Å². The SMILES string of the molecule is CCCNC(=O)CNC(=O)C[NH+](C)CC(=O)Nc1ccccc1Cl. The van der Waals surface area contributed by atoms with E-state index in [0.717, 1.165) is 6.42 Å². The van der Waals surface area contributed by atoms with E-state index in [2.05, 4.69) is 16.0 Å². The number of halogens is 1. The van der Waals surface area contributed by atoms with E-state index in [1.807, 2.05) is 6.92 Å². The standard InChI is InChI=1S/C16H23ClN4O3/c1-3-8-18-14(22)9-19-15(23)10-21(2)11-16(24)20-13-7-5-4-6-12(13)17/h4-7H,3,8-11H2,1-2H3,(H,18,22)(H,19,23)(H,20,24)/p+1. The van der Waals surface area contributed by atoms with Crippen LogP contribution in [0, 0.1) is 0 Å². The van der Waals surface area contributed by atoms with Crippen molar-refractivity contribution in [3.8, 4) is 0 Å². The number of amides is 3. The van der Waals surface area contributed by atoms with Gasteiger partial charge < -0.3 is 20.9 Å². The zero-order valence-corrected chi connectivity index (χ0v) is 14.7. The maximum Gasteiger partial charge on any atom is 0.279 e. The molecule has 4 N–H and O–H groups in total. The quantitative estimate of drug-likeness (QED) is 0.478. The molecule has 0 heterocycles. The molecule has 1 aromatic rings. The molecular formula is C16H24ClN4O3+. The zero-order valence-electron chi connectivity index (χ0n) is 13.9. The van der Waals surface area contributed by atoms with Gasteiger partial charge in [-0.25, -0.2) is 0 Å². The lowest BCUT2D eigenvalue weighted by Crippen LogP contribution is -3.11. The third-order valence-corrected chi connectivity index (χ3v) is 3.42. The molecule has 0 saturated carbocycles. The second-order valence-corrected chi connectivity index (χ2v) is 5.87. The van der Waals surface area contributed by atoms with Gasteiger partial charge in [-0.2, -0.15) is 0 Å². The van der Waals surface area contributed by atoms with Crippen molar-refractivity contribution in [2.75, 3.05) is 38.5 Å². The predicted molar refractivity (Wildman–Crippen MR) is 93.0 cm³/mol. The molecule has 1 unspecified atom stereocenters. The van der Waals surface area contributed by atoms with Gasteiger partial charge >= 0.3 is 0 Å². The molecule has 132 valence electrons. The number of benzene rings is 1. The highest BCUT2D eigenvalue weighted by Gasteiger charge is 2.15. The van der Waals surface area contributed by atoms with Gasteiger partial charge in [0.15, 0.2) is 13.1 Å². The molecule has 0 spiro atoms. The van der Waals surface area contributed by atoms with Crippen LogP contribution in [0.3, 0.4) is 0 Å². The van der Waals surface area contributed by atoms with E-state index < -0.39 is 0 Å². The van der Waals surface area contributed by atoms with Crippen LogP contribution >= 0.6 is 11.6 Å². The fourth-order valence-corrected chi connectivity index (χ4v) is 2.12. The van der Waals surface area contributed by atoms with Crippen LogP contribution in [-0.2, 0) is 14.4 Å². The number of nitrogens with one attached hydrogen (secondary N) is 4. The van der Waals surface area contributed by atoms with E-state index in [9.17, 15) is 14.4 Å². The second kappa shape index (κ2) is 10.6. The van der Waals surface area contributed by atoms with E-state index in [1.54, 1.807) is 31.3 Å². The lowest BCUT2D eigenvalue weighted by molar-refractivity contribution is -0.862. The van der Waals surface area contributed by atoms with Gasteiger partial charge in [-0.1, -0.05) is 30.7 Å². The zero-order chi connectivity index (χ0) is 17.9. The number of hydrogen-bond acceptors (Lipinski definition) is 3. The Morgan fingerprint density at radius 1 is 1.04 bits per heavy atom. The molecule has 8 heteroatoms. The summed E-state index contributed by atoms with van der Waals surface area (Å²) in [6, 6.07) is 6.94. The number of likely N-dealkylation sites (N-methyl/N-ethyl adjacent to an activating group) is 1. The van der Waals surface area contributed by atoms with E-state index >= 15 is 0 Å². The van der Waals surface area contributed by atoms with E-state index in [-0.39, 0.29) is 37.4 Å². The third kappa shape index (κ3) is 7.94. The first-order chi connectivity index (χ1) is 11.4. The molecule has 0 aromatic heterocycles. The molecule has 0 saturated heterocycles. The van der Waals surface area contributed by atoms with Gasteiger partial charge in [-0.3, -0.25) is 14.4 Å². The summed E-state index contributed by atoms with van der Waals surface area (Å²) in [6.07, 6.45) is 0.840. The molecule has 7 nitrogen and oxygen atoms in total. The Morgan fingerprint density at radius 3 is 2.38 bits per heavy atom. The summed E-state index contributed by atoms with van der Waals surface area (Å²) in [4.78, 5) is 35.8. The Kier molecular flexibility index (Phi) is 8.81.